The van der Waals surface area contributed by atoms with Gasteiger partial charge < -0.3 is 5.32 Å². The Morgan fingerprint density at radius 3 is 2.50 bits per heavy atom. The molecule has 1 N–H and O–H groups in total. The van der Waals surface area contributed by atoms with E-state index in [0.29, 0.717) is 30.1 Å². The molecule has 1 fully saturated rings. The molecule has 0 aliphatic carbocycles. The van der Waals surface area contributed by atoms with Crippen molar-refractivity contribution in [1.29, 1.82) is 0 Å². The molecular weight excluding hydrogens is 448 g/mol. The molecule has 3 aromatic rings. The molecule has 0 unspecified atom stereocenters. The predicted octanol–water partition coefficient (Wildman–Crippen LogP) is 3.80. The minimum Gasteiger partial charge on any atom is -0.348 e. The normalized spacial score (nSPS) is 14.6. The minimum atomic E-state index is -3.44. The predicted molar refractivity (Wildman–Crippen MR) is 124 cm³/mol. The van der Waals surface area contributed by atoms with E-state index in [1.165, 1.54) is 4.31 Å². The standard InChI is InChI=1S/C23H25ClN4O3S/c1-2-22-21(16-26-28(22)19-7-5-6-18(24)14-19)23(29)25-15-17-8-10-20(11-9-17)32(30,31)27-12-3-4-13-27/h5-11,14,16H,2-4,12-13,15H2,1H3,(H,25,29). The lowest BCUT2D eigenvalue weighted by molar-refractivity contribution is 0.0950. The maximum atomic E-state index is 12.8. The molecule has 0 bridgehead atoms. The number of aromatic nitrogens is 2. The van der Waals surface area contributed by atoms with Crippen molar-refractivity contribution in [2.24, 2.45) is 0 Å². The van der Waals surface area contributed by atoms with E-state index in [0.717, 1.165) is 29.8 Å². The van der Waals surface area contributed by atoms with Crippen LogP contribution in [0.5, 0.6) is 0 Å². The summed E-state index contributed by atoms with van der Waals surface area (Å²) >= 11 is 6.09. The zero-order chi connectivity index (χ0) is 22.7. The Kier molecular flexibility index (Phi) is 6.64. The molecule has 1 amide bonds. The number of sulfonamides is 1. The van der Waals surface area contributed by atoms with Crippen LogP contribution in [0, 0.1) is 0 Å². The number of amides is 1. The second-order valence-electron chi connectivity index (χ2n) is 7.69. The van der Waals surface area contributed by atoms with Crippen LogP contribution in [0.2, 0.25) is 5.02 Å². The number of nitrogens with zero attached hydrogens (tertiary/aromatic N) is 3. The van der Waals surface area contributed by atoms with Crippen molar-refractivity contribution in [2.45, 2.75) is 37.6 Å². The Bertz CT molecular complexity index is 1220. The number of rotatable bonds is 7. The van der Waals surface area contributed by atoms with Gasteiger partial charge in [-0.15, -0.1) is 0 Å². The van der Waals surface area contributed by atoms with E-state index in [2.05, 4.69) is 10.4 Å². The van der Waals surface area contributed by atoms with Gasteiger partial charge in [-0.05, 0) is 55.2 Å². The number of benzene rings is 2. The Morgan fingerprint density at radius 1 is 1.12 bits per heavy atom. The summed E-state index contributed by atoms with van der Waals surface area (Å²) in [5.41, 5.74) is 2.90. The van der Waals surface area contributed by atoms with Gasteiger partial charge in [-0.2, -0.15) is 9.40 Å². The maximum Gasteiger partial charge on any atom is 0.255 e. The fourth-order valence-corrected chi connectivity index (χ4v) is 5.57. The molecule has 0 spiro atoms. The van der Waals surface area contributed by atoms with Gasteiger partial charge in [-0.1, -0.05) is 36.7 Å². The van der Waals surface area contributed by atoms with Crippen molar-refractivity contribution in [2.75, 3.05) is 13.1 Å². The summed E-state index contributed by atoms with van der Waals surface area (Å²) in [5, 5.41) is 7.88. The van der Waals surface area contributed by atoms with Crippen LogP contribution in [0.4, 0.5) is 0 Å². The Morgan fingerprint density at radius 2 is 1.84 bits per heavy atom. The van der Waals surface area contributed by atoms with Crippen molar-refractivity contribution in [3.63, 3.8) is 0 Å². The highest BCUT2D eigenvalue weighted by Gasteiger charge is 2.27. The van der Waals surface area contributed by atoms with E-state index >= 15 is 0 Å². The highest BCUT2D eigenvalue weighted by atomic mass is 35.5. The smallest absolute Gasteiger partial charge is 0.255 e. The first-order valence-corrected chi connectivity index (χ1v) is 12.4. The van der Waals surface area contributed by atoms with Crippen LogP contribution in [0.25, 0.3) is 5.69 Å². The fraction of sp³-hybridized carbons (Fsp3) is 0.304. The van der Waals surface area contributed by atoms with Crippen LogP contribution in [0.1, 0.15) is 41.4 Å². The highest BCUT2D eigenvalue weighted by Crippen LogP contribution is 2.22. The highest BCUT2D eigenvalue weighted by molar-refractivity contribution is 7.89. The molecule has 1 aromatic heterocycles. The lowest BCUT2D eigenvalue weighted by Gasteiger charge is -2.15. The van der Waals surface area contributed by atoms with E-state index < -0.39 is 10.0 Å². The molecule has 168 valence electrons. The molecule has 4 rings (SSSR count). The van der Waals surface area contributed by atoms with Crippen LogP contribution in [-0.4, -0.2) is 41.5 Å². The first-order valence-electron chi connectivity index (χ1n) is 10.6. The van der Waals surface area contributed by atoms with Crippen LogP contribution in [0.3, 0.4) is 0 Å². The average Bonchev–Trinajstić information content (AvgIpc) is 3.48. The number of nitrogens with one attached hydrogen (secondary N) is 1. The lowest BCUT2D eigenvalue weighted by atomic mass is 10.1. The molecule has 1 aliphatic heterocycles. The summed E-state index contributed by atoms with van der Waals surface area (Å²) in [6.45, 7) is 3.40. The number of halogens is 1. The second-order valence-corrected chi connectivity index (χ2v) is 10.1. The fourth-order valence-electron chi connectivity index (χ4n) is 3.87. The van der Waals surface area contributed by atoms with E-state index in [-0.39, 0.29) is 17.3 Å². The third-order valence-corrected chi connectivity index (χ3v) is 7.73. The monoisotopic (exact) mass is 472 g/mol. The summed E-state index contributed by atoms with van der Waals surface area (Å²) < 4.78 is 28.5. The van der Waals surface area contributed by atoms with Gasteiger partial charge in [0.2, 0.25) is 10.0 Å². The summed E-state index contributed by atoms with van der Waals surface area (Å²) in [7, 11) is -3.44. The number of hydrogen-bond acceptors (Lipinski definition) is 4. The minimum absolute atomic E-state index is 0.233. The van der Waals surface area contributed by atoms with Gasteiger partial charge in [0.25, 0.3) is 5.91 Å². The van der Waals surface area contributed by atoms with E-state index in [1.54, 1.807) is 47.3 Å². The maximum absolute atomic E-state index is 12.8. The lowest BCUT2D eigenvalue weighted by Crippen LogP contribution is -2.28. The average molecular weight is 473 g/mol. The summed E-state index contributed by atoms with van der Waals surface area (Å²) in [4.78, 5) is 13.1. The first-order chi connectivity index (χ1) is 15.4. The SMILES string of the molecule is CCc1c(C(=O)NCc2ccc(S(=O)(=O)N3CCCC3)cc2)cnn1-c1cccc(Cl)c1. The quantitative estimate of drug-likeness (QED) is 0.566. The van der Waals surface area contributed by atoms with Gasteiger partial charge in [0, 0.05) is 24.7 Å². The molecule has 32 heavy (non-hydrogen) atoms. The van der Waals surface area contributed by atoms with Crippen LogP contribution >= 0.6 is 11.6 Å². The van der Waals surface area contributed by atoms with Crippen molar-refractivity contribution in [3.05, 3.63) is 76.6 Å². The molecule has 0 saturated carbocycles. The van der Waals surface area contributed by atoms with Gasteiger partial charge >= 0.3 is 0 Å². The Balaban J connectivity index is 1.45. The number of hydrogen-bond donors (Lipinski definition) is 1. The zero-order valence-electron chi connectivity index (χ0n) is 17.8. The van der Waals surface area contributed by atoms with Gasteiger partial charge in [0.15, 0.2) is 0 Å². The topological polar surface area (TPSA) is 84.3 Å². The summed E-state index contributed by atoms with van der Waals surface area (Å²) in [6, 6.07) is 14.0. The molecule has 2 heterocycles. The largest absolute Gasteiger partial charge is 0.348 e. The molecule has 9 heteroatoms. The number of carbonyl (C=O) groups is 1. The molecule has 1 aliphatic rings. The third-order valence-electron chi connectivity index (χ3n) is 5.58. The Hall–Kier alpha value is -2.68. The van der Waals surface area contributed by atoms with Crippen molar-refractivity contribution in [1.82, 2.24) is 19.4 Å². The van der Waals surface area contributed by atoms with Crippen molar-refractivity contribution < 1.29 is 13.2 Å². The summed E-state index contributed by atoms with van der Waals surface area (Å²) in [6.07, 6.45) is 3.98. The van der Waals surface area contributed by atoms with Gasteiger partial charge in [-0.3, -0.25) is 4.79 Å². The van der Waals surface area contributed by atoms with Crippen LogP contribution in [0.15, 0.2) is 59.6 Å². The second kappa shape index (κ2) is 9.44. The van der Waals surface area contributed by atoms with E-state index in [9.17, 15) is 13.2 Å². The van der Waals surface area contributed by atoms with Crippen LogP contribution in [-0.2, 0) is 23.0 Å². The van der Waals surface area contributed by atoms with Gasteiger partial charge in [-0.25, -0.2) is 13.1 Å². The van der Waals surface area contributed by atoms with Crippen molar-refractivity contribution in [3.8, 4) is 5.69 Å². The van der Waals surface area contributed by atoms with E-state index in [4.69, 9.17) is 11.6 Å². The van der Waals surface area contributed by atoms with E-state index in [1.807, 2.05) is 19.1 Å². The number of carbonyl (C=O) groups excluding carboxylic acids is 1. The Labute approximate surface area is 193 Å². The van der Waals surface area contributed by atoms with Gasteiger partial charge in [0.05, 0.1) is 28.0 Å². The molecule has 0 atom stereocenters. The summed E-state index contributed by atoms with van der Waals surface area (Å²) in [5.74, 6) is -0.233. The molecule has 1 saturated heterocycles. The molecule has 7 nitrogen and oxygen atoms in total. The molecule has 0 radical (unpaired) electrons. The van der Waals surface area contributed by atoms with Crippen molar-refractivity contribution >= 4 is 27.5 Å². The van der Waals surface area contributed by atoms with Crippen LogP contribution < -0.4 is 5.32 Å². The molecular formula is C23H25ClN4O3S. The zero-order valence-corrected chi connectivity index (χ0v) is 19.4. The third kappa shape index (κ3) is 4.57. The molecule has 2 aromatic carbocycles. The first kappa shape index (κ1) is 22.5. The van der Waals surface area contributed by atoms with Gasteiger partial charge in [0.1, 0.15) is 0 Å².